The highest BCUT2D eigenvalue weighted by atomic mass is 16.2. The van der Waals surface area contributed by atoms with Crippen LogP contribution in [-0.4, -0.2) is 22.8 Å². The Bertz CT molecular complexity index is 661. The van der Waals surface area contributed by atoms with E-state index < -0.39 is 11.9 Å². The predicted molar refractivity (Wildman–Crippen MR) is 87.2 cm³/mol. The number of rotatable bonds is 7. The number of primary amides is 1. The average molecular weight is 301 g/mol. The maximum atomic E-state index is 12.0. The first kappa shape index (κ1) is 16.1. The van der Waals surface area contributed by atoms with Crippen LogP contribution < -0.4 is 11.1 Å². The first-order chi connectivity index (χ1) is 10.5. The number of nitrogens with one attached hydrogen (secondary N) is 2. The molecule has 1 heterocycles. The highest BCUT2D eigenvalue weighted by Crippen LogP contribution is 2.19. The second kappa shape index (κ2) is 7.11. The lowest BCUT2D eigenvalue weighted by Crippen LogP contribution is -2.45. The number of nitrogens with two attached hydrogens (primary N) is 1. The van der Waals surface area contributed by atoms with Gasteiger partial charge in [-0.15, -0.1) is 0 Å². The summed E-state index contributed by atoms with van der Waals surface area (Å²) in [6, 6.07) is 7.40. The molecule has 0 unspecified atom stereocenters. The third-order valence-electron chi connectivity index (χ3n) is 3.68. The number of aromatic amines is 1. The average Bonchev–Trinajstić information content (AvgIpc) is 2.87. The molecule has 22 heavy (non-hydrogen) atoms. The van der Waals surface area contributed by atoms with Gasteiger partial charge in [-0.3, -0.25) is 9.59 Å². The maximum absolute atomic E-state index is 12.0. The molecular formula is C17H23N3O2. The summed E-state index contributed by atoms with van der Waals surface area (Å²) in [5.74, 6) is -0.324. The Labute approximate surface area is 130 Å². The third kappa shape index (κ3) is 4.10. The van der Waals surface area contributed by atoms with E-state index in [0.717, 1.165) is 16.5 Å². The Morgan fingerprint density at radius 1 is 1.27 bits per heavy atom. The van der Waals surface area contributed by atoms with Crippen molar-refractivity contribution in [2.45, 2.75) is 39.2 Å². The highest BCUT2D eigenvalue weighted by molar-refractivity contribution is 5.87. The van der Waals surface area contributed by atoms with Gasteiger partial charge in [-0.25, -0.2) is 0 Å². The van der Waals surface area contributed by atoms with Gasteiger partial charge in [-0.05, 0) is 30.4 Å². The fourth-order valence-electron chi connectivity index (χ4n) is 2.57. The monoisotopic (exact) mass is 301 g/mol. The molecular weight excluding hydrogens is 278 g/mol. The number of aromatic nitrogens is 1. The van der Waals surface area contributed by atoms with Crippen molar-refractivity contribution in [1.82, 2.24) is 10.3 Å². The number of hydrogen-bond donors (Lipinski definition) is 3. The van der Waals surface area contributed by atoms with E-state index in [-0.39, 0.29) is 5.91 Å². The molecule has 0 saturated heterocycles. The maximum Gasteiger partial charge on any atom is 0.240 e. The van der Waals surface area contributed by atoms with Crippen LogP contribution in [0.2, 0.25) is 0 Å². The van der Waals surface area contributed by atoms with E-state index in [9.17, 15) is 9.59 Å². The second-order valence-corrected chi connectivity index (χ2v) is 6.01. The van der Waals surface area contributed by atoms with Crippen molar-refractivity contribution in [3.63, 3.8) is 0 Å². The molecule has 0 fully saturated rings. The molecule has 0 saturated carbocycles. The zero-order valence-electron chi connectivity index (χ0n) is 13.1. The van der Waals surface area contributed by atoms with Crippen LogP contribution in [0.15, 0.2) is 30.5 Å². The number of carbonyl (C=O) groups excluding carboxylic acids is 2. The second-order valence-electron chi connectivity index (χ2n) is 6.01. The molecule has 0 radical (unpaired) electrons. The smallest absolute Gasteiger partial charge is 0.240 e. The van der Waals surface area contributed by atoms with Gasteiger partial charge in [-0.1, -0.05) is 32.0 Å². The fourth-order valence-corrected chi connectivity index (χ4v) is 2.57. The van der Waals surface area contributed by atoms with Crippen LogP contribution in [0.1, 0.15) is 32.3 Å². The van der Waals surface area contributed by atoms with Crippen molar-refractivity contribution < 1.29 is 9.59 Å². The summed E-state index contributed by atoms with van der Waals surface area (Å²) < 4.78 is 0. The summed E-state index contributed by atoms with van der Waals surface area (Å²) >= 11 is 0. The van der Waals surface area contributed by atoms with Gasteiger partial charge in [0, 0.05) is 23.5 Å². The lowest BCUT2D eigenvalue weighted by Gasteiger charge is -2.17. The number of H-pyrrole nitrogens is 1. The molecule has 5 heteroatoms. The van der Waals surface area contributed by atoms with Gasteiger partial charge in [0.15, 0.2) is 0 Å². The molecule has 2 rings (SSSR count). The van der Waals surface area contributed by atoms with E-state index in [4.69, 9.17) is 5.73 Å². The summed E-state index contributed by atoms with van der Waals surface area (Å²) in [6.07, 6.45) is 3.46. The lowest BCUT2D eigenvalue weighted by molar-refractivity contribution is -0.127. The van der Waals surface area contributed by atoms with Crippen molar-refractivity contribution in [2.75, 3.05) is 0 Å². The standard InChI is InChI=1S/C17H23N3O2/c1-11(2)9-15(17(18)22)20-16(21)8-7-12-10-19-14-6-4-3-5-13(12)14/h3-6,10-11,15,19H,7-9H2,1-2H3,(H2,18,22)(H,20,21)/t15-/m0/s1. The van der Waals surface area contributed by atoms with Crippen molar-refractivity contribution in [2.24, 2.45) is 11.7 Å². The van der Waals surface area contributed by atoms with Gasteiger partial charge < -0.3 is 16.0 Å². The minimum atomic E-state index is -0.588. The summed E-state index contributed by atoms with van der Waals surface area (Å²) in [5.41, 5.74) is 7.50. The zero-order valence-corrected chi connectivity index (χ0v) is 13.1. The zero-order chi connectivity index (χ0) is 16.1. The summed E-state index contributed by atoms with van der Waals surface area (Å²) in [6.45, 7) is 3.99. The normalized spacial score (nSPS) is 12.5. The molecule has 1 atom stereocenters. The van der Waals surface area contributed by atoms with Crippen LogP contribution >= 0.6 is 0 Å². The molecule has 0 aliphatic heterocycles. The quantitative estimate of drug-likeness (QED) is 0.731. The van der Waals surface area contributed by atoms with E-state index >= 15 is 0 Å². The first-order valence-corrected chi connectivity index (χ1v) is 7.61. The molecule has 1 aromatic carbocycles. The Balaban J connectivity index is 1.93. The van der Waals surface area contributed by atoms with Gasteiger partial charge in [0.1, 0.15) is 6.04 Å². The first-order valence-electron chi connectivity index (χ1n) is 7.61. The lowest BCUT2D eigenvalue weighted by atomic mass is 10.0. The minimum Gasteiger partial charge on any atom is -0.368 e. The molecule has 0 aliphatic rings. The van der Waals surface area contributed by atoms with Crippen molar-refractivity contribution in [1.29, 1.82) is 0 Å². The van der Waals surface area contributed by atoms with Gasteiger partial charge >= 0.3 is 0 Å². The molecule has 2 aromatic rings. The molecule has 0 spiro atoms. The van der Waals surface area contributed by atoms with Crippen LogP contribution in [0.25, 0.3) is 10.9 Å². The third-order valence-corrected chi connectivity index (χ3v) is 3.68. The van der Waals surface area contributed by atoms with Gasteiger partial charge in [0.2, 0.25) is 11.8 Å². The van der Waals surface area contributed by atoms with Crippen molar-refractivity contribution >= 4 is 22.7 Å². The fraction of sp³-hybridized carbons (Fsp3) is 0.412. The van der Waals surface area contributed by atoms with Crippen molar-refractivity contribution in [3.8, 4) is 0 Å². The van der Waals surface area contributed by atoms with Gasteiger partial charge in [0.25, 0.3) is 0 Å². The van der Waals surface area contributed by atoms with Crippen LogP contribution in [0.4, 0.5) is 0 Å². The van der Waals surface area contributed by atoms with E-state index in [1.165, 1.54) is 0 Å². The molecule has 5 nitrogen and oxygen atoms in total. The number of carbonyl (C=O) groups is 2. The Kier molecular flexibility index (Phi) is 5.20. The summed E-state index contributed by atoms with van der Waals surface area (Å²) in [7, 11) is 0. The SMILES string of the molecule is CC(C)C[C@H](NC(=O)CCc1c[nH]c2ccccc12)C(N)=O. The Morgan fingerprint density at radius 3 is 2.68 bits per heavy atom. The number of amides is 2. The topological polar surface area (TPSA) is 88.0 Å². The van der Waals surface area contributed by atoms with Crippen LogP contribution in [-0.2, 0) is 16.0 Å². The van der Waals surface area contributed by atoms with Gasteiger partial charge in [0.05, 0.1) is 0 Å². The van der Waals surface area contributed by atoms with E-state index in [1.54, 1.807) is 0 Å². The van der Waals surface area contributed by atoms with E-state index in [2.05, 4.69) is 10.3 Å². The summed E-state index contributed by atoms with van der Waals surface area (Å²) in [5, 5.41) is 3.86. The number of fused-ring (bicyclic) bond motifs is 1. The number of para-hydroxylation sites is 1. The molecule has 0 aliphatic carbocycles. The van der Waals surface area contributed by atoms with Crippen LogP contribution in [0, 0.1) is 5.92 Å². The molecule has 118 valence electrons. The number of aryl methyl sites for hydroxylation is 1. The highest BCUT2D eigenvalue weighted by Gasteiger charge is 2.19. The number of hydrogen-bond acceptors (Lipinski definition) is 2. The van der Waals surface area contributed by atoms with Crippen molar-refractivity contribution in [3.05, 3.63) is 36.0 Å². The Morgan fingerprint density at radius 2 is 2.00 bits per heavy atom. The Hall–Kier alpha value is -2.30. The summed E-state index contributed by atoms with van der Waals surface area (Å²) in [4.78, 5) is 26.6. The molecule has 1 aromatic heterocycles. The predicted octanol–water partition coefficient (Wildman–Crippen LogP) is 2.12. The van der Waals surface area contributed by atoms with Crippen LogP contribution in [0.5, 0.6) is 0 Å². The molecule has 2 amide bonds. The van der Waals surface area contributed by atoms with Gasteiger partial charge in [-0.2, -0.15) is 0 Å². The van der Waals surface area contributed by atoms with E-state index in [1.807, 2.05) is 44.3 Å². The minimum absolute atomic E-state index is 0.144. The molecule has 4 N–H and O–H groups in total. The molecule has 0 bridgehead atoms. The largest absolute Gasteiger partial charge is 0.368 e. The van der Waals surface area contributed by atoms with Crippen LogP contribution in [0.3, 0.4) is 0 Å². The number of benzene rings is 1. The van der Waals surface area contributed by atoms with E-state index in [0.29, 0.717) is 25.2 Å².